The van der Waals surface area contributed by atoms with Crippen molar-refractivity contribution in [2.75, 3.05) is 0 Å². The molecule has 0 amide bonds. The predicted octanol–water partition coefficient (Wildman–Crippen LogP) is 4.51. The van der Waals surface area contributed by atoms with Crippen LogP contribution in [0.1, 0.15) is 45.1 Å². The number of aromatic nitrogens is 3. The van der Waals surface area contributed by atoms with Gasteiger partial charge in [-0.25, -0.2) is 0 Å². The Morgan fingerprint density at radius 2 is 2.00 bits per heavy atom. The summed E-state index contributed by atoms with van der Waals surface area (Å²) in [5.74, 6) is 0.636. The van der Waals surface area contributed by atoms with Gasteiger partial charge in [0.25, 0.3) is 0 Å². The first-order valence-corrected chi connectivity index (χ1v) is 9.96. The molecule has 1 aromatic carbocycles. The Hall–Kier alpha value is -1.53. The number of esters is 1. The van der Waals surface area contributed by atoms with Crippen molar-refractivity contribution in [3.8, 4) is 11.4 Å². The lowest BCUT2D eigenvalue weighted by atomic mass is 10.2. The molecule has 2 heterocycles. The number of benzene rings is 1. The fourth-order valence-corrected chi connectivity index (χ4v) is 5.05. The Morgan fingerprint density at radius 3 is 2.68 bits per heavy atom. The van der Waals surface area contributed by atoms with E-state index in [0.717, 1.165) is 29.4 Å². The van der Waals surface area contributed by atoms with Crippen LogP contribution in [-0.2, 0) is 9.53 Å². The van der Waals surface area contributed by atoms with Crippen molar-refractivity contribution in [3.05, 3.63) is 29.3 Å². The van der Waals surface area contributed by atoms with Gasteiger partial charge in [-0.3, -0.25) is 9.36 Å². The van der Waals surface area contributed by atoms with E-state index in [9.17, 15) is 4.79 Å². The first-order chi connectivity index (χ1) is 12.1. The molecular formula is C18H20ClN3O2S. The Balaban J connectivity index is 1.72. The van der Waals surface area contributed by atoms with Gasteiger partial charge in [0.05, 0.1) is 5.02 Å². The fourth-order valence-electron chi connectivity index (χ4n) is 3.62. The molecule has 0 radical (unpaired) electrons. The van der Waals surface area contributed by atoms with Gasteiger partial charge in [0.15, 0.2) is 11.0 Å². The van der Waals surface area contributed by atoms with E-state index in [2.05, 4.69) is 14.8 Å². The minimum atomic E-state index is -0.210. The standard InChI is InChI=1S/C18H20ClN3O2S/c1-11-10-15(17(23)24-11)25-18-21-20-16(13-8-4-5-9-14(13)19)22(18)12-6-2-3-7-12/h4-5,8-9,11-12,15H,2-3,6-7,10H2,1H3/t11-,15-/m1/s1. The monoisotopic (exact) mass is 377 g/mol. The second-order valence-corrected chi connectivity index (χ2v) is 8.26. The highest BCUT2D eigenvalue weighted by molar-refractivity contribution is 8.00. The van der Waals surface area contributed by atoms with Crippen LogP contribution in [0.25, 0.3) is 11.4 Å². The number of nitrogens with zero attached hydrogens (tertiary/aromatic N) is 3. The van der Waals surface area contributed by atoms with Crippen LogP contribution in [0.2, 0.25) is 5.02 Å². The van der Waals surface area contributed by atoms with E-state index >= 15 is 0 Å². The molecule has 0 unspecified atom stereocenters. The van der Waals surface area contributed by atoms with E-state index in [4.69, 9.17) is 16.3 Å². The fraction of sp³-hybridized carbons (Fsp3) is 0.500. The van der Waals surface area contributed by atoms with Crippen molar-refractivity contribution in [1.82, 2.24) is 14.8 Å². The second kappa shape index (κ2) is 7.00. The van der Waals surface area contributed by atoms with Crippen molar-refractivity contribution in [3.63, 3.8) is 0 Å². The summed E-state index contributed by atoms with van der Waals surface area (Å²) in [6, 6.07) is 8.07. The summed E-state index contributed by atoms with van der Waals surface area (Å²) < 4.78 is 7.47. The Labute approximate surface area is 156 Å². The van der Waals surface area contributed by atoms with E-state index in [-0.39, 0.29) is 17.3 Å². The third-order valence-electron chi connectivity index (χ3n) is 4.84. The molecule has 25 heavy (non-hydrogen) atoms. The van der Waals surface area contributed by atoms with Gasteiger partial charge in [-0.05, 0) is 31.9 Å². The molecule has 2 fully saturated rings. The van der Waals surface area contributed by atoms with Crippen LogP contribution >= 0.6 is 23.4 Å². The molecular weight excluding hydrogens is 358 g/mol. The van der Waals surface area contributed by atoms with E-state index in [1.165, 1.54) is 24.6 Å². The maximum atomic E-state index is 12.0. The maximum Gasteiger partial charge on any atom is 0.319 e. The summed E-state index contributed by atoms with van der Waals surface area (Å²) in [5.41, 5.74) is 0.887. The Bertz CT molecular complexity index is 788. The Morgan fingerprint density at radius 1 is 1.24 bits per heavy atom. The van der Waals surface area contributed by atoms with Crippen molar-refractivity contribution in [2.45, 2.75) is 61.6 Å². The highest BCUT2D eigenvalue weighted by Gasteiger charge is 2.35. The first kappa shape index (κ1) is 16.9. The van der Waals surface area contributed by atoms with Crippen LogP contribution in [0.4, 0.5) is 0 Å². The molecule has 4 rings (SSSR count). The molecule has 0 bridgehead atoms. The zero-order valence-corrected chi connectivity index (χ0v) is 15.6. The molecule has 0 spiro atoms. The normalized spacial score (nSPS) is 24.0. The number of ether oxygens (including phenoxy) is 1. The number of halogens is 1. The molecule has 2 aromatic rings. The number of hydrogen-bond donors (Lipinski definition) is 0. The number of carbonyl (C=O) groups is 1. The minimum Gasteiger partial charge on any atom is -0.462 e. The van der Waals surface area contributed by atoms with Crippen molar-refractivity contribution in [2.24, 2.45) is 0 Å². The largest absolute Gasteiger partial charge is 0.462 e. The summed E-state index contributed by atoms with van der Waals surface area (Å²) in [6.07, 6.45) is 5.30. The third-order valence-corrected chi connectivity index (χ3v) is 6.33. The van der Waals surface area contributed by atoms with Crippen molar-refractivity contribution < 1.29 is 9.53 Å². The lowest BCUT2D eigenvalue weighted by molar-refractivity contribution is -0.140. The average Bonchev–Trinajstić information content (AvgIpc) is 3.29. The van der Waals surface area contributed by atoms with Gasteiger partial charge in [0.2, 0.25) is 0 Å². The minimum absolute atomic E-state index is 0.0316. The smallest absolute Gasteiger partial charge is 0.319 e. The van der Waals surface area contributed by atoms with Gasteiger partial charge in [0, 0.05) is 18.0 Å². The number of carbonyl (C=O) groups excluding carboxylic acids is 1. The van der Waals surface area contributed by atoms with Crippen LogP contribution in [-0.4, -0.2) is 32.1 Å². The summed E-state index contributed by atoms with van der Waals surface area (Å²) in [5, 5.41) is 10.1. The molecule has 1 aliphatic heterocycles. The highest BCUT2D eigenvalue weighted by Crippen LogP contribution is 2.40. The Kier molecular flexibility index (Phi) is 4.73. The van der Waals surface area contributed by atoms with E-state index in [1.54, 1.807) is 0 Å². The SMILES string of the molecule is C[C@@H]1C[C@@H](Sc2nnc(-c3ccccc3Cl)n2C2CCCC2)C(=O)O1. The molecule has 2 aliphatic rings. The molecule has 1 saturated heterocycles. The lowest BCUT2D eigenvalue weighted by Gasteiger charge is -2.18. The van der Waals surface area contributed by atoms with E-state index in [0.29, 0.717) is 17.5 Å². The van der Waals surface area contributed by atoms with Gasteiger partial charge in [0.1, 0.15) is 11.4 Å². The first-order valence-electron chi connectivity index (χ1n) is 8.70. The zero-order valence-electron chi connectivity index (χ0n) is 14.0. The van der Waals surface area contributed by atoms with Crippen LogP contribution in [0.5, 0.6) is 0 Å². The molecule has 0 N–H and O–H groups in total. The second-order valence-electron chi connectivity index (χ2n) is 6.68. The zero-order chi connectivity index (χ0) is 17.4. The molecule has 1 aliphatic carbocycles. The maximum absolute atomic E-state index is 12.0. The van der Waals surface area contributed by atoms with Crippen molar-refractivity contribution in [1.29, 1.82) is 0 Å². The van der Waals surface area contributed by atoms with E-state index < -0.39 is 0 Å². The molecule has 2 atom stereocenters. The van der Waals surface area contributed by atoms with Crippen LogP contribution in [0.15, 0.2) is 29.4 Å². The van der Waals surface area contributed by atoms with Gasteiger partial charge < -0.3 is 4.74 Å². The summed E-state index contributed by atoms with van der Waals surface area (Å²) >= 11 is 7.87. The van der Waals surface area contributed by atoms with Crippen LogP contribution in [0, 0.1) is 0 Å². The van der Waals surface area contributed by atoms with Gasteiger partial charge in [-0.15, -0.1) is 10.2 Å². The average molecular weight is 378 g/mol. The van der Waals surface area contributed by atoms with Gasteiger partial charge >= 0.3 is 5.97 Å². The van der Waals surface area contributed by atoms with E-state index in [1.807, 2.05) is 31.2 Å². The quantitative estimate of drug-likeness (QED) is 0.733. The van der Waals surface area contributed by atoms with Crippen molar-refractivity contribution >= 4 is 29.3 Å². The van der Waals surface area contributed by atoms with Crippen LogP contribution < -0.4 is 0 Å². The lowest BCUT2D eigenvalue weighted by Crippen LogP contribution is -2.13. The van der Waals surface area contributed by atoms with Gasteiger partial charge in [-0.2, -0.15) is 0 Å². The number of thioether (sulfide) groups is 1. The number of cyclic esters (lactones) is 1. The van der Waals surface area contributed by atoms with Gasteiger partial charge in [-0.1, -0.05) is 48.3 Å². The van der Waals surface area contributed by atoms with Crippen LogP contribution in [0.3, 0.4) is 0 Å². The predicted molar refractivity (Wildman–Crippen MR) is 97.8 cm³/mol. The molecule has 1 saturated carbocycles. The topological polar surface area (TPSA) is 57.0 Å². The molecule has 5 nitrogen and oxygen atoms in total. The molecule has 1 aromatic heterocycles. The summed E-state index contributed by atoms with van der Waals surface area (Å²) in [4.78, 5) is 12.0. The summed E-state index contributed by atoms with van der Waals surface area (Å²) in [7, 11) is 0. The third kappa shape index (κ3) is 3.29. The molecule has 7 heteroatoms. The molecule has 132 valence electrons. The number of rotatable bonds is 4. The summed E-state index contributed by atoms with van der Waals surface area (Å²) in [6.45, 7) is 1.93. The highest BCUT2D eigenvalue weighted by atomic mass is 35.5. The number of hydrogen-bond acceptors (Lipinski definition) is 5.